The van der Waals surface area contributed by atoms with Gasteiger partial charge in [-0.15, -0.1) is 11.8 Å². The highest BCUT2D eigenvalue weighted by molar-refractivity contribution is 8.00. The second-order valence-electron chi connectivity index (χ2n) is 8.11. The Kier molecular flexibility index (Phi) is 6.44. The molecule has 0 radical (unpaired) electrons. The summed E-state index contributed by atoms with van der Waals surface area (Å²) in [7, 11) is 0. The van der Waals surface area contributed by atoms with E-state index in [-0.39, 0.29) is 17.2 Å². The van der Waals surface area contributed by atoms with Crippen LogP contribution in [0.1, 0.15) is 32.4 Å². The zero-order chi connectivity index (χ0) is 23.3. The molecule has 7 heteroatoms. The highest BCUT2D eigenvalue weighted by atomic mass is 32.2. The molecule has 0 unspecified atom stereocenters. The van der Waals surface area contributed by atoms with Gasteiger partial charge in [-0.25, -0.2) is 4.98 Å². The first-order valence-corrected chi connectivity index (χ1v) is 12.1. The molecular weight excluding hydrogens is 444 g/mol. The third-order valence-electron chi connectivity index (χ3n) is 5.81. The fourth-order valence-electron chi connectivity index (χ4n) is 3.96. The van der Waals surface area contributed by atoms with Crippen molar-refractivity contribution in [2.75, 3.05) is 5.75 Å². The van der Waals surface area contributed by atoms with Crippen molar-refractivity contribution >= 4 is 23.6 Å². The normalized spacial score (nSPS) is 15.5. The van der Waals surface area contributed by atoms with Crippen molar-refractivity contribution in [2.24, 2.45) is 0 Å². The Hall–Kier alpha value is -3.84. The van der Waals surface area contributed by atoms with Gasteiger partial charge in [0.25, 0.3) is 5.91 Å². The van der Waals surface area contributed by atoms with Gasteiger partial charge in [-0.05, 0) is 41.0 Å². The van der Waals surface area contributed by atoms with Gasteiger partial charge in [-0.1, -0.05) is 54.6 Å². The number of carbonyl (C=O) groups excluding carboxylic acids is 2. The summed E-state index contributed by atoms with van der Waals surface area (Å²) in [5.74, 6) is 0.487. The lowest BCUT2D eigenvalue weighted by molar-refractivity contribution is -0.128. The summed E-state index contributed by atoms with van der Waals surface area (Å²) in [5.41, 5.74) is 4.78. The molecule has 4 aromatic rings. The molecule has 0 saturated carbocycles. The third-order valence-corrected chi connectivity index (χ3v) is 7.07. The molecule has 2 amide bonds. The molecule has 1 N–H and O–H groups in total. The lowest BCUT2D eigenvalue weighted by atomic mass is 10.1. The van der Waals surface area contributed by atoms with Crippen molar-refractivity contribution < 1.29 is 9.59 Å². The van der Waals surface area contributed by atoms with E-state index in [9.17, 15) is 9.59 Å². The van der Waals surface area contributed by atoms with E-state index in [0.29, 0.717) is 24.4 Å². The van der Waals surface area contributed by atoms with Crippen LogP contribution in [0, 0.1) is 0 Å². The van der Waals surface area contributed by atoms with Gasteiger partial charge in [0.15, 0.2) is 0 Å². The van der Waals surface area contributed by atoms with E-state index in [1.54, 1.807) is 24.3 Å². The summed E-state index contributed by atoms with van der Waals surface area (Å²) in [4.78, 5) is 31.1. The number of nitrogens with one attached hydrogen (secondary N) is 1. The molecule has 170 valence electrons. The molecule has 1 aromatic heterocycles. The van der Waals surface area contributed by atoms with Crippen LogP contribution in [0.2, 0.25) is 0 Å². The fourth-order valence-corrected chi connectivity index (χ4v) is 5.15. The van der Waals surface area contributed by atoms with Crippen LogP contribution < -0.4 is 5.32 Å². The predicted molar refractivity (Wildman–Crippen MR) is 133 cm³/mol. The van der Waals surface area contributed by atoms with Crippen LogP contribution in [0.5, 0.6) is 0 Å². The molecule has 0 spiro atoms. The number of hydrogen-bond donors (Lipinski definition) is 1. The number of hydrogen-bond acceptors (Lipinski definition) is 4. The third kappa shape index (κ3) is 4.89. The van der Waals surface area contributed by atoms with Gasteiger partial charge in [-0.2, -0.15) is 0 Å². The molecule has 1 atom stereocenters. The molecule has 1 fully saturated rings. The summed E-state index contributed by atoms with van der Waals surface area (Å²) in [5, 5.41) is 2.94. The van der Waals surface area contributed by atoms with Gasteiger partial charge < -0.3 is 14.8 Å². The Balaban J connectivity index is 1.20. The first-order valence-electron chi connectivity index (χ1n) is 11.1. The summed E-state index contributed by atoms with van der Waals surface area (Å²) in [6.45, 7) is 1.03. The van der Waals surface area contributed by atoms with Gasteiger partial charge in [0.05, 0.1) is 12.1 Å². The molecule has 3 aromatic carbocycles. The van der Waals surface area contributed by atoms with Crippen molar-refractivity contribution in [3.63, 3.8) is 0 Å². The maximum absolute atomic E-state index is 12.7. The second-order valence-corrected chi connectivity index (χ2v) is 9.18. The van der Waals surface area contributed by atoms with Gasteiger partial charge in [0.1, 0.15) is 5.37 Å². The lowest BCUT2D eigenvalue weighted by Gasteiger charge is -2.24. The Bertz CT molecular complexity index is 1260. The molecule has 2 heterocycles. The van der Waals surface area contributed by atoms with Gasteiger partial charge >= 0.3 is 0 Å². The van der Waals surface area contributed by atoms with E-state index in [2.05, 4.69) is 10.3 Å². The largest absolute Gasteiger partial charge is 0.348 e. The van der Waals surface area contributed by atoms with Crippen molar-refractivity contribution in [3.05, 3.63) is 120 Å². The lowest BCUT2D eigenvalue weighted by Crippen LogP contribution is -2.27. The molecule has 5 rings (SSSR count). The Labute approximate surface area is 202 Å². The van der Waals surface area contributed by atoms with Gasteiger partial charge in [0, 0.05) is 36.7 Å². The molecular formula is C27H24N4O2S. The topological polar surface area (TPSA) is 67.2 Å². The first kappa shape index (κ1) is 22.0. The highest BCUT2D eigenvalue weighted by Crippen LogP contribution is 2.39. The number of nitrogens with zero attached hydrogens (tertiary/aromatic N) is 3. The Morgan fingerprint density at radius 3 is 2.44 bits per heavy atom. The molecule has 0 bridgehead atoms. The number of rotatable bonds is 7. The quantitative estimate of drug-likeness (QED) is 0.431. The van der Waals surface area contributed by atoms with Gasteiger partial charge in [-0.3, -0.25) is 9.59 Å². The molecule has 1 aliphatic heterocycles. The number of carbonyl (C=O) groups is 2. The zero-order valence-electron chi connectivity index (χ0n) is 18.5. The van der Waals surface area contributed by atoms with E-state index >= 15 is 0 Å². The Morgan fingerprint density at radius 1 is 0.971 bits per heavy atom. The van der Waals surface area contributed by atoms with Crippen molar-refractivity contribution in [1.29, 1.82) is 0 Å². The fraction of sp³-hybridized carbons (Fsp3) is 0.148. The maximum atomic E-state index is 12.7. The average molecular weight is 469 g/mol. The van der Waals surface area contributed by atoms with Crippen LogP contribution in [0.25, 0.3) is 5.69 Å². The Morgan fingerprint density at radius 2 is 1.74 bits per heavy atom. The summed E-state index contributed by atoms with van der Waals surface area (Å²) in [6.07, 6.45) is 5.38. The second kappa shape index (κ2) is 9.97. The molecule has 6 nitrogen and oxygen atoms in total. The minimum atomic E-state index is -0.124. The number of benzene rings is 3. The molecule has 34 heavy (non-hydrogen) atoms. The van der Waals surface area contributed by atoms with Crippen molar-refractivity contribution in [2.45, 2.75) is 18.5 Å². The summed E-state index contributed by atoms with van der Waals surface area (Å²) >= 11 is 1.62. The number of amides is 2. The van der Waals surface area contributed by atoms with E-state index in [1.807, 2.05) is 94.5 Å². The van der Waals surface area contributed by atoms with E-state index in [1.165, 1.54) is 0 Å². The molecule has 1 saturated heterocycles. The highest BCUT2D eigenvalue weighted by Gasteiger charge is 2.32. The minimum Gasteiger partial charge on any atom is -0.348 e. The molecule has 0 aliphatic carbocycles. The number of imidazole rings is 1. The SMILES string of the molecule is O=C(NCc1ccc(-n2ccnc2)cc1)c1ccc([C@H]2SCC(=O)N2Cc2ccccc2)cc1. The van der Waals surface area contributed by atoms with Crippen LogP contribution >= 0.6 is 11.8 Å². The predicted octanol–water partition coefficient (Wildman–Crippen LogP) is 4.58. The van der Waals surface area contributed by atoms with Crippen molar-refractivity contribution in [3.8, 4) is 5.69 Å². The first-order chi connectivity index (χ1) is 16.7. The zero-order valence-corrected chi connectivity index (χ0v) is 19.3. The average Bonchev–Trinajstić information content (AvgIpc) is 3.54. The van der Waals surface area contributed by atoms with E-state index in [0.717, 1.165) is 22.4 Å². The van der Waals surface area contributed by atoms with E-state index < -0.39 is 0 Å². The van der Waals surface area contributed by atoms with Crippen LogP contribution in [0.3, 0.4) is 0 Å². The monoisotopic (exact) mass is 468 g/mol. The van der Waals surface area contributed by atoms with Crippen LogP contribution in [0.4, 0.5) is 0 Å². The van der Waals surface area contributed by atoms with Gasteiger partial charge in [0.2, 0.25) is 5.91 Å². The van der Waals surface area contributed by atoms with Crippen molar-refractivity contribution in [1.82, 2.24) is 19.8 Å². The minimum absolute atomic E-state index is 0.0428. The number of thioether (sulfide) groups is 1. The summed E-state index contributed by atoms with van der Waals surface area (Å²) in [6, 6.07) is 25.6. The van der Waals surface area contributed by atoms with Crippen LogP contribution in [0.15, 0.2) is 97.6 Å². The summed E-state index contributed by atoms with van der Waals surface area (Å²) < 4.78 is 1.93. The van der Waals surface area contributed by atoms with Crippen LogP contribution in [-0.2, 0) is 17.9 Å². The van der Waals surface area contributed by atoms with E-state index in [4.69, 9.17) is 0 Å². The van der Waals surface area contributed by atoms with Crippen LogP contribution in [-0.4, -0.2) is 32.0 Å². The standard InChI is InChI=1S/C27H24N4O2S/c32-25-18-34-27(31(25)17-21-4-2-1-3-5-21)23-10-8-22(9-11-23)26(33)29-16-20-6-12-24(13-7-20)30-15-14-28-19-30/h1-15,19,27H,16-18H2,(H,29,33)/t27-/m1/s1. The molecule has 1 aliphatic rings. The smallest absolute Gasteiger partial charge is 0.251 e. The number of aromatic nitrogens is 2. The maximum Gasteiger partial charge on any atom is 0.251 e.